The standard InChI is InChI=1S/C11H15BO3/c1-8-4-10(12(13)14)6-11(5-8)15-7-9-2-3-9/h4-6,9,13-14H,2-3,7H2,1H3. The third kappa shape index (κ3) is 2.98. The molecular weight excluding hydrogens is 191 g/mol. The lowest BCUT2D eigenvalue weighted by atomic mass is 9.79. The van der Waals surface area contributed by atoms with E-state index in [0.717, 1.165) is 17.9 Å². The molecule has 0 heterocycles. The van der Waals surface area contributed by atoms with Crippen LogP contribution in [0.15, 0.2) is 18.2 Å². The van der Waals surface area contributed by atoms with E-state index in [-0.39, 0.29) is 0 Å². The summed E-state index contributed by atoms with van der Waals surface area (Å²) in [6, 6.07) is 5.34. The van der Waals surface area contributed by atoms with E-state index >= 15 is 0 Å². The Morgan fingerprint density at radius 3 is 2.67 bits per heavy atom. The summed E-state index contributed by atoms with van der Waals surface area (Å²) in [6.07, 6.45) is 2.50. The number of rotatable bonds is 4. The average molecular weight is 206 g/mol. The first-order valence-electron chi connectivity index (χ1n) is 5.25. The van der Waals surface area contributed by atoms with E-state index < -0.39 is 7.12 Å². The van der Waals surface area contributed by atoms with Crippen LogP contribution in [0.1, 0.15) is 18.4 Å². The number of benzene rings is 1. The van der Waals surface area contributed by atoms with E-state index in [1.165, 1.54) is 12.8 Å². The van der Waals surface area contributed by atoms with E-state index in [9.17, 15) is 0 Å². The van der Waals surface area contributed by atoms with Crippen molar-refractivity contribution in [2.24, 2.45) is 5.92 Å². The van der Waals surface area contributed by atoms with Gasteiger partial charge in [0, 0.05) is 0 Å². The van der Waals surface area contributed by atoms with E-state index in [2.05, 4.69) is 0 Å². The molecule has 3 nitrogen and oxygen atoms in total. The van der Waals surface area contributed by atoms with Crippen LogP contribution in [-0.2, 0) is 0 Å². The van der Waals surface area contributed by atoms with Gasteiger partial charge in [-0.2, -0.15) is 0 Å². The van der Waals surface area contributed by atoms with Crippen molar-refractivity contribution in [1.29, 1.82) is 0 Å². The highest BCUT2D eigenvalue weighted by Crippen LogP contribution is 2.29. The molecule has 0 spiro atoms. The van der Waals surface area contributed by atoms with Gasteiger partial charge in [-0.15, -0.1) is 0 Å². The van der Waals surface area contributed by atoms with Crippen molar-refractivity contribution in [3.63, 3.8) is 0 Å². The van der Waals surface area contributed by atoms with Crippen LogP contribution < -0.4 is 10.2 Å². The highest BCUT2D eigenvalue weighted by atomic mass is 16.5. The van der Waals surface area contributed by atoms with Crippen molar-refractivity contribution in [3.8, 4) is 5.75 Å². The fourth-order valence-electron chi connectivity index (χ4n) is 1.51. The molecule has 1 aromatic carbocycles. The monoisotopic (exact) mass is 206 g/mol. The van der Waals surface area contributed by atoms with E-state index in [1.807, 2.05) is 13.0 Å². The molecule has 1 saturated carbocycles. The lowest BCUT2D eigenvalue weighted by Crippen LogP contribution is -2.30. The number of ether oxygens (including phenoxy) is 1. The van der Waals surface area contributed by atoms with Crippen LogP contribution >= 0.6 is 0 Å². The molecule has 0 aromatic heterocycles. The molecule has 4 heteroatoms. The Hall–Kier alpha value is -0.995. The first kappa shape index (κ1) is 10.5. The Balaban J connectivity index is 2.07. The zero-order valence-electron chi connectivity index (χ0n) is 8.81. The summed E-state index contributed by atoms with van der Waals surface area (Å²) in [5.74, 6) is 1.43. The molecule has 0 saturated heterocycles. The minimum Gasteiger partial charge on any atom is -0.493 e. The van der Waals surface area contributed by atoms with Gasteiger partial charge in [0.15, 0.2) is 0 Å². The smallest absolute Gasteiger partial charge is 0.488 e. The van der Waals surface area contributed by atoms with Crippen LogP contribution in [0.4, 0.5) is 0 Å². The molecule has 0 bridgehead atoms. The second kappa shape index (κ2) is 4.25. The summed E-state index contributed by atoms with van der Waals surface area (Å²) in [5.41, 5.74) is 1.46. The molecule has 0 atom stereocenters. The van der Waals surface area contributed by atoms with Crippen molar-refractivity contribution in [2.75, 3.05) is 6.61 Å². The highest BCUT2D eigenvalue weighted by Gasteiger charge is 2.22. The van der Waals surface area contributed by atoms with Crippen LogP contribution in [0, 0.1) is 12.8 Å². The normalized spacial score (nSPS) is 15.1. The molecular formula is C11H15BO3. The zero-order valence-corrected chi connectivity index (χ0v) is 8.81. The third-order valence-electron chi connectivity index (χ3n) is 2.55. The van der Waals surface area contributed by atoms with E-state index in [4.69, 9.17) is 14.8 Å². The number of hydrogen-bond acceptors (Lipinski definition) is 3. The maximum atomic E-state index is 9.06. The van der Waals surface area contributed by atoms with Gasteiger partial charge in [-0.3, -0.25) is 0 Å². The molecule has 0 amide bonds. The van der Waals surface area contributed by atoms with Crippen molar-refractivity contribution in [3.05, 3.63) is 23.8 Å². The second-order valence-electron chi connectivity index (χ2n) is 4.21. The van der Waals surface area contributed by atoms with Gasteiger partial charge in [0.25, 0.3) is 0 Å². The van der Waals surface area contributed by atoms with Crippen molar-refractivity contribution < 1.29 is 14.8 Å². The van der Waals surface area contributed by atoms with Gasteiger partial charge in [0.1, 0.15) is 5.75 Å². The van der Waals surface area contributed by atoms with Crippen molar-refractivity contribution in [1.82, 2.24) is 0 Å². The maximum absolute atomic E-state index is 9.06. The van der Waals surface area contributed by atoms with Gasteiger partial charge in [-0.1, -0.05) is 6.07 Å². The summed E-state index contributed by atoms with van der Waals surface area (Å²) in [7, 11) is -1.42. The van der Waals surface area contributed by atoms with Crippen LogP contribution in [0.3, 0.4) is 0 Å². The van der Waals surface area contributed by atoms with Gasteiger partial charge in [-0.25, -0.2) is 0 Å². The predicted octanol–water partition coefficient (Wildman–Crippen LogP) is 0.464. The van der Waals surface area contributed by atoms with E-state index in [1.54, 1.807) is 12.1 Å². The molecule has 80 valence electrons. The van der Waals surface area contributed by atoms with Crippen LogP contribution in [0.2, 0.25) is 0 Å². The lowest BCUT2D eigenvalue weighted by molar-refractivity contribution is 0.299. The molecule has 15 heavy (non-hydrogen) atoms. The quantitative estimate of drug-likeness (QED) is 0.703. The summed E-state index contributed by atoms with van der Waals surface area (Å²) in [6.45, 7) is 2.65. The first-order chi connectivity index (χ1) is 7.15. The average Bonchev–Trinajstić information content (AvgIpc) is 2.97. The van der Waals surface area contributed by atoms with Crippen LogP contribution in [-0.4, -0.2) is 23.8 Å². The highest BCUT2D eigenvalue weighted by molar-refractivity contribution is 6.58. The Bertz CT molecular complexity index is 348. The van der Waals surface area contributed by atoms with Crippen molar-refractivity contribution >= 4 is 12.6 Å². The SMILES string of the molecule is Cc1cc(OCC2CC2)cc(B(O)O)c1. The molecule has 2 N–H and O–H groups in total. The van der Waals surface area contributed by atoms with E-state index in [0.29, 0.717) is 11.4 Å². The first-order valence-corrected chi connectivity index (χ1v) is 5.25. The maximum Gasteiger partial charge on any atom is 0.488 e. The largest absolute Gasteiger partial charge is 0.493 e. The number of aryl methyl sites for hydroxylation is 1. The Labute approximate surface area is 89.8 Å². The molecule has 1 aliphatic carbocycles. The molecule has 0 unspecified atom stereocenters. The molecule has 0 aliphatic heterocycles. The minimum atomic E-state index is -1.42. The minimum absolute atomic E-state index is 0.487. The second-order valence-corrected chi connectivity index (χ2v) is 4.21. The van der Waals surface area contributed by atoms with Crippen LogP contribution in [0.25, 0.3) is 0 Å². The summed E-state index contributed by atoms with van der Waals surface area (Å²) >= 11 is 0. The lowest BCUT2D eigenvalue weighted by Gasteiger charge is -2.08. The summed E-state index contributed by atoms with van der Waals surface area (Å²) in [4.78, 5) is 0. The Morgan fingerprint density at radius 2 is 2.07 bits per heavy atom. The van der Waals surface area contributed by atoms with Gasteiger partial charge in [-0.05, 0) is 48.8 Å². The molecule has 0 radical (unpaired) electrons. The topological polar surface area (TPSA) is 49.7 Å². The molecule has 1 aromatic rings. The number of hydrogen-bond donors (Lipinski definition) is 2. The fraction of sp³-hybridized carbons (Fsp3) is 0.455. The molecule has 1 aliphatic rings. The molecule has 1 fully saturated rings. The van der Waals surface area contributed by atoms with Gasteiger partial charge in [0.05, 0.1) is 6.61 Å². The summed E-state index contributed by atoms with van der Waals surface area (Å²) in [5, 5.41) is 18.1. The zero-order chi connectivity index (χ0) is 10.8. The van der Waals surface area contributed by atoms with Gasteiger partial charge < -0.3 is 14.8 Å². The van der Waals surface area contributed by atoms with Gasteiger partial charge in [0.2, 0.25) is 0 Å². The fourth-order valence-corrected chi connectivity index (χ4v) is 1.51. The Morgan fingerprint density at radius 1 is 1.33 bits per heavy atom. The third-order valence-corrected chi connectivity index (χ3v) is 2.55. The summed E-state index contributed by atoms with van der Waals surface area (Å²) < 4.78 is 5.58. The van der Waals surface area contributed by atoms with Gasteiger partial charge >= 0.3 is 7.12 Å². The van der Waals surface area contributed by atoms with Crippen LogP contribution in [0.5, 0.6) is 5.75 Å². The van der Waals surface area contributed by atoms with Crippen molar-refractivity contribution in [2.45, 2.75) is 19.8 Å². The Kier molecular flexibility index (Phi) is 2.98. The molecule has 2 rings (SSSR count). The predicted molar refractivity (Wildman–Crippen MR) is 59.2 cm³/mol.